The molecule has 33 heavy (non-hydrogen) atoms. The van der Waals surface area contributed by atoms with Crippen LogP contribution in [0, 0.1) is 0 Å². The van der Waals surface area contributed by atoms with Crippen LogP contribution in [0.4, 0.5) is 4.79 Å². The molecule has 3 aromatic carbocycles. The summed E-state index contributed by atoms with van der Waals surface area (Å²) in [6, 6.07) is 26.1. The van der Waals surface area contributed by atoms with Gasteiger partial charge in [0.25, 0.3) is 0 Å². The van der Waals surface area contributed by atoms with Gasteiger partial charge >= 0.3 is 6.09 Å². The van der Waals surface area contributed by atoms with Crippen LogP contribution in [0.2, 0.25) is 0 Å². The number of hydrogen-bond donors (Lipinski definition) is 1. The highest BCUT2D eigenvalue weighted by Crippen LogP contribution is 2.45. The summed E-state index contributed by atoms with van der Waals surface area (Å²) in [5.41, 5.74) is 5.57. The first kappa shape index (κ1) is 20.4. The van der Waals surface area contributed by atoms with Crippen molar-refractivity contribution >= 4 is 6.09 Å². The second-order valence-corrected chi connectivity index (χ2v) is 8.80. The monoisotopic (exact) mass is 443 g/mol. The number of aliphatic hydroxyl groups excluding tert-OH is 1. The molecule has 1 amide bonds. The van der Waals surface area contributed by atoms with Gasteiger partial charge in [-0.2, -0.15) is 0 Å². The number of carbonyl (C=O) groups excluding carboxylic acids is 1. The Bertz CT molecular complexity index is 1140. The first-order valence-corrected chi connectivity index (χ1v) is 11.3. The molecule has 0 spiro atoms. The first-order chi connectivity index (χ1) is 16.2. The van der Waals surface area contributed by atoms with Gasteiger partial charge in [0.05, 0.1) is 19.7 Å². The fraction of sp³-hybridized carbons (Fsp3) is 0.296. The summed E-state index contributed by atoms with van der Waals surface area (Å²) in [6.45, 7) is 0.618. The van der Waals surface area contributed by atoms with Gasteiger partial charge < -0.3 is 19.3 Å². The van der Waals surface area contributed by atoms with Crippen molar-refractivity contribution < 1.29 is 24.1 Å². The maximum Gasteiger partial charge on any atom is 0.410 e. The second kappa shape index (κ2) is 7.99. The number of rotatable bonds is 4. The Hall–Kier alpha value is -3.19. The molecule has 3 atom stereocenters. The minimum Gasteiger partial charge on any atom is -0.448 e. The predicted molar refractivity (Wildman–Crippen MR) is 122 cm³/mol. The normalized spacial score (nSPS) is 25.5. The molecular formula is C27H25NO5. The van der Waals surface area contributed by atoms with Crippen LogP contribution in [-0.4, -0.2) is 54.6 Å². The maximum absolute atomic E-state index is 13.2. The molecule has 168 valence electrons. The minimum atomic E-state index is -1.09. The molecule has 1 aliphatic carbocycles. The van der Waals surface area contributed by atoms with Crippen molar-refractivity contribution in [2.75, 3.05) is 26.3 Å². The maximum atomic E-state index is 13.2. The van der Waals surface area contributed by atoms with Crippen molar-refractivity contribution in [2.24, 2.45) is 0 Å². The molecule has 6 heteroatoms. The Balaban J connectivity index is 1.22. The van der Waals surface area contributed by atoms with Crippen molar-refractivity contribution in [2.45, 2.75) is 23.9 Å². The van der Waals surface area contributed by atoms with Gasteiger partial charge in [-0.3, -0.25) is 4.90 Å². The molecule has 2 saturated heterocycles. The van der Waals surface area contributed by atoms with Crippen LogP contribution in [0.1, 0.15) is 22.6 Å². The van der Waals surface area contributed by atoms with Gasteiger partial charge in [-0.05, 0) is 22.3 Å². The van der Waals surface area contributed by atoms with Gasteiger partial charge in [-0.25, -0.2) is 4.79 Å². The summed E-state index contributed by atoms with van der Waals surface area (Å²) < 4.78 is 18.2. The van der Waals surface area contributed by atoms with Gasteiger partial charge in [0.15, 0.2) is 0 Å². The largest absolute Gasteiger partial charge is 0.448 e. The van der Waals surface area contributed by atoms with E-state index in [1.807, 2.05) is 54.6 Å². The summed E-state index contributed by atoms with van der Waals surface area (Å²) in [5.74, 6) is -1.09. The Morgan fingerprint density at radius 3 is 2.24 bits per heavy atom. The average Bonchev–Trinajstić information content (AvgIpc) is 3.34. The van der Waals surface area contributed by atoms with E-state index in [2.05, 4.69) is 24.3 Å². The SMILES string of the molecule is O=C(OCC1c2ccccc2-c2ccccc21)N1C[C@@H]2O[C@](c3ccccc3)(C1)O[C@@H]2CO. The van der Waals surface area contributed by atoms with Crippen molar-refractivity contribution in [3.63, 3.8) is 0 Å². The smallest absolute Gasteiger partial charge is 0.410 e. The van der Waals surface area contributed by atoms with Crippen LogP contribution in [0.15, 0.2) is 78.9 Å². The molecule has 0 aromatic heterocycles. The lowest BCUT2D eigenvalue weighted by atomic mass is 9.98. The van der Waals surface area contributed by atoms with E-state index in [0.717, 1.165) is 5.56 Å². The van der Waals surface area contributed by atoms with Crippen LogP contribution in [0.5, 0.6) is 0 Å². The minimum absolute atomic E-state index is 0.00337. The zero-order valence-corrected chi connectivity index (χ0v) is 18.1. The molecular weight excluding hydrogens is 418 g/mol. The van der Waals surface area contributed by atoms with E-state index in [4.69, 9.17) is 14.2 Å². The highest BCUT2D eigenvalue weighted by molar-refractivity contribution is 5.79. The summed E-state index contributed by atoms with van der Waals surface area (Å²) in [4.78, 5) is 14.8. The Kier molecular flexibility index (Phi) is 4.94. The van der Waals surface area contributed by atoms with Crippen LogP contribution in [0.25, 0.3) is 11.1 Å². The topological polar surface area (TPSA) is 68.2 Å². The third-order valence-corrected chi connectivity index (χ3v) is 6.89. The van der Waals surface area contributed by atoms with Gasteiger partial charge in [0.1, 0.15) is 18.8 Å². The van der Waals surface area contributed by atoms with Crippen molar-refractivity contribution in [1.29, 1.82) is 0 Å². The van der Waals surface area contributed by atoms with E-state index >= 15 is 0 Å². The van der Waals surface area contributed by atoms with Crippen molar-refractivity contribution in [1.82, 2.24) is 4.90 Å². The van der Waals surface area contributed by atoms with Crippen LogP contribution in [-0.2, 0) is 20.0 Å². The van der Waals surface area contributed by atoms with E-state index in [-0.39, 0.29) is 25.7 Å². The van der Waals surface area contributed by atoms with Crippen LogP contribution in [0.3, 0.4) is 0 Å². The number of aliphatic hydroxyl groups is 1. The number of benzene rings is 3. The number of amides is 1. The summed E-state index contributed by atoms with van der Waals surface area (Å²) in [6.07, 6.45) is -1.30. The van der Waals surface area contributed by atoms with Crippen molar-refractivity contribution in [3.8, 4) is 11.1 Å². The number of ether oxygens (including phenoxy) is 3. The molecule has 6 nitrogen and oxygen atoms in total. The van der Waals surface area contributed by atoms with E-state index in [1.165, 1.54) is 22.3 Å². The molecule has 2 aliphatic heterocycles. The molecule has 2 heterocycles. The number of morpholine rings is 1. The summed E-state index contributed by atoms with van der Waals surface area (Å²) in [5, 5.41) is 9.79. The van der Waals surface area contributed by atoms with E-state index in [1.54, 1.807) is 4.90 Å². The molecule has 0 unspecified atom stereocenters. The highest BCUT2D eigenvalue weighted by Gasteiger charge is 2.55. The highest BCUT2D eigenvalue weighted by atomic mass is 16.8. The molecule has 6 rings (SSSR count). The third-order valence-electron chi connectivity index (χ3n) is 6.89. The number of nitrogens with zero attached hydrogens (tertiary/aromatic N) is 1. The fourth-order valence-electron chi connectivity index (χ4n) is 5.33. The van der Waals surface area contributed by atoms with Crippen molar-refractivity contribution in [3.05, 3.63) is 95.6 Å². The lowest BCUT2D eigenvalue weighted by Gasteiger charge is -2.38. The quantitative estimate of drug-likeness (QED) is 0.663. The predicted octanol–water partition coefficient (Wildman–Crippen LogP) is 3.88. The average molecular weight is 443 g/mol. The standard InChI is InChI=1S/C27H25NO5/c29-15-25-24-14-28(17-27(32-24,33-25)18-8-2-1-3-9-18)26(30)31-16-23-21-12-6-4-10-19(21)20-11-5-7-13-22(20)23/h1-13,23-25,29H,14-17H2/t24-,25+,27+/m0/s1. The third kappa shape index (κ3) is 3.33. The Morgan fingerprint density at radius 1 is 0.939 bits per heavy atom. The van der Waals surface area contributed by atoms with Gasteiger partial charge in [-0.1, -0.05) is 78.9 Å². The van der Waals surface area contributed by atoms with Gasteiger partial charge in [0, 0.05) is 11.5 Å². The van der Waals surface area contributed by atoms with Crippen LogP contribution < -0.4 is 0 Å². The molecule has 3 aromatic rings. The van der Waals surface area contributed by atoms with Gasteiger partial charge in [-0.15, -0.1) is 0 Å². The Labute approximate surface area is 192 Å². The van der Waals surface area contributed by atoms with Gasteiger partial charge in [0.2, 0.25) is 5.79 Å². The summed E-state index contributed by atoms with van der Waals surface area (Å²) >= 11 is 0. The molecule has 2 fully saturated rings. The van der Waals surface area contributed by atoms with E-state index in [0.29, 0.717) is 6.54 Å². The van der Waals surface area contributed by atoms with E-state index < -0.39 is 24.1 Å². The first-order valence-electron chi connectivity index (χ1n) is 11.3. The summed E-state index contributed by atoms with van der Waals surface area (Å²) in [7, 11) is 0. The molecule has 0 saturated carbocycles. The number of fused-ring (bicyclic) bond motifs is 5. The lowest BCUT2D eigenvalue weighted by molar-refractivity contribution is -0.213. The molecule has 0 radical (unpaired) electrons. The molecule has 1 N–H and O–H groups in total. The fourth-order valence-corrected chi connectivity index (χ4v) is 5.33. The zero-order chi connectivity index (χ0) is 22.4. The van der Waals surface area contributed by atoms with E-state index in [9.17, 15) is 9.90 Å². The molecule has 3 aliphatic rings. The number of carbonyl (C=O) groups is 1. The zero-order valence-electron chi connectivity index (χ0n) is 18.1. The van der Waals surface area contributed by atoms with Crippen LogP contribution >= 0.6 is 0 Å². The Morgan fingerprint density at radius 2 is 1.58 bits per heavy atom. The lowest BCUT2D eigenvalue weighted by Crippen LogP contribution is -2.52. The number of hydrogen-bond acceptors (Lipinski definition) is 5. The molecule has 2 bridgehead atoms. The second-order valence-electron chi connectivity index (χ2n) is 8.80.